The zero-order chi connectivity index (χ0) is 22.9. The molecule has 32 heavy (non-hydrogen) atoms. The Bertz CT molecular complexity index is 1160. The highest BCUT2D eigenvalue weighted by molar-refractivity contribution is 6.04. The van der Waals surface area contributed by atoms with Gasteiger partial charge in [-0.2, -0.15) is 0 Å². The first-order valence-electron chi connectivity index (χ1n) is 9.84. The fourth-order valence-electron chi connectivity index (χ4n) is 3.59. The van der Waals surface area contributed by atoms with E-state index in [4.69, 9.17) is 0 Å². The number of urea groups is 1. The van der Waals surface area contributed by atoms with Crippen LogP contribution in [0.4, 0.5) is 18.0 Å². The zero-order valence-electron chi connectivity index (χ0n) is 17.0. The summed E-state index contributed by atoms with van der Waals surface area (Å²) in [4.78, 5) is 26.4. The number of ether oxygens (including phenoxy) is 1. The van der Waals surface area contributed by atoms with Crippen LogP contribution in [0, 0.1) is 6.92 Å². The second kappa shape index (κ2) is 8.37. The van der Waals surface area contributed by atoms with Crippen molar-refractivity contribution in [3.63, 3.8) is 0 Å². The van der Waals surface area contributed by atoms with Gasteiger partial charge in [0, 0.05) is 5.56 Å². The van der Waals surface area contributed by atoms with E-state index in [9.17, 15) is 22.8 Å². The van der Waals surface area contributed by atoms with E-state index in [0.29, 0.717) is 5.56 Å². The summed E-state index contributed by atoms with van der Waals surface area (Å²) in [5.41, 5.74) is 3.71. The number of carbonyl (C=O) groups is 2. The molecule has 0 aliphatic carbocycles. The summed E-state index contributed by atoms with van der Waals surface area (Å²) in [5, 5.41) is 2.46. The quantitative estimate of drug-likeness (QED) is 0.544. The molecule has 3 aromatic rings. The molecule has 3 amide bonds. The third-order valence-corrected chi connectivity index (χ3v) is 5.13. The van der Waals surface area contributed by atoms with E-state index in [1.807, 2.05) is 49.4 Å². The standard InChI is InChI=1S/C24H19F3N2O3/c1-15-9-11-17(12-10-15)18-6-4-5-16(13-18)14-29-22(30)21(28-23(29)31)19-7-2-3-8-20(19)32-24(25,26)27/h2-13,21H,14H2,1H3,(H,28,31). The molecule has 1 N–H and O–H groups in total. The second-order valence-corrected chi connectivity index (χ2v) is 7.46. The summed E-state index contributed by atoms with van der Waals surface area (Å²) in [7, 11) is 0. The summed E-state index contributed by atoms with van der Waals surface area (Å²) < 4.78 is 42.3. The van der Waals surface area contributed by atoms with Crippen LogP contribution in [0.3, 0.4) is 0 Å². The number of nitrogens with zero attached hydrogens (tertiary/aromatic N) is 1. The maximum atomic E-state index is 12.9. The minimum absolute atomic E-state index is 0.0108. The van der Waals surface area contributed by atoms with Crippen LogP contribution in [0.25, 0.3) is 11.1 Å². The first-order valence-corrected chi connectivity index (χ1v) is 9.84. The van der Waals surface area contributed by atoms with Gasteiger partial charge < -0.3 is 10.1 Å². The Morgan fingerprint density at radius 3 is 2.38 bits per heavy atom. The molecule has 5 nitrogen and oxygen atoms in total. The highest BCUT2D eigenvalue weighted by atomic mass is 19.4. The van der Waals surface area contributed by atoms with E-state index < -0.39 is 30.1 Å². The maximum Gasteiger partial charge on any atom is 0.573 e. The van der Waals surface area contributed by atoms with Crippen molar-refractivity contribution >= 4 is 11.9 Å². The van der Waals surface area contributed by atoms with Gasteiger partial charge >= 0.3 is 12.4 Å². The van der Waals surface area contributed by atoms with Gasteiger partial charge in [0.1, 0.15) is 11.8 Å². The molecule has 1 atom stereocenters. The Balaban J connectivity index is 1.56. The predicted octanol–water partition coefficient (Wildman–Crippen LogP) is 5.35. The average Bonchev–Trinajstić information content (AvgIpc) is 3.02. The first kappa shape index (κ1) is 21.4. The Morgan fingerprint density at radius 2 is 1.66 bits per heavy atom. The second-order valence-electron chi connectivity index (χ2n) is 7.46. The largest absolute Gasteiger partial charge is 0.573 e. The number of alkyl halides is 3. The minimum atomic E-state index is -4.92. The number of para-hydroxylation sites is 1. The Kier molecular flexibility index (Phi) is 5.61. The third-order valence-electron chi connectivity index (χ3n) is 5.13. The van der Waals surface area contributed by atoms with Crippen LogP contribution in [0.2, 0.25) is 0 Å². The first-order chi connectivity index (χ1) is 15.2. The van der Waals surface area contributed by atoms with Gasteiger partial charge in [-0.1, -0.05) is 66.2 Å². The average molecular weight is 440 g/mol. The van der Waals surface area contributed by atoms with Crippen molar-refractivity contribution in [2.24, 2.45) is 0 Å². The van der Waals surface area contributed by atoms with Gasteiger partial charge in [-0.15, -0.1) is 13.2 Å². The molecule has 3 aromatic carbocycles. The monoisotopic (exact) mass is 440 g/mol. The topological polar surface area (TPSA) is 58.6 Å². The summed E-state index contributed by atoms with van der Waals surface area (Å²) in [6.07, 6.45) is -4.92. The molecule has 0 aromatic heterocycles. The van der Waals surface area contributed by atoms with Crippen molar-refractivity contribution in [2.75, 3.05) is 0 Å². The van der Waals surface area contributed by atoms with Crippen LogP contribution in [0.1, 0.15) is 22.7 Å². The SMILES string of the molecule is Cc1ccc(-c2cccc(CN3C(=O)NC(c4ccccc4OC(F)(F)F)C3=O)c2)cc1. The number of halogens is 3. The lowest BCUT2D eigenvalue weighted by Crippen LogP contribution is -2.30. The summed E-state index contributed by atoms with van der Waals surface area (Å²) in [5.74, 6) is -1.17. The summed E-state index contributed by atoms with van der Waals surface area (Å²) >= 11 is 0. The molecule has 0 bridgehead atoms. The smallest absolute Gasteiger partial charge is 0.405 e. The number of rotatable bonds is 5. The number of hydrogen-bond acceptors (Lipinski definition) is 3. The number of imide groups is 1. The van der Waals surface area contributed by atoms with Crippen LogP contribution < -0.4 is 10.1 Å². The molecule has 1 saturated heterocycles. The summed E-state index contributed by atoms with van der Waals surface area (Å²) in [6.45, 7) is 1.98. The molecule has 1 unspecified atom stereocenters. The van der Waals surface area contributed by atoms with Crippen molar-refractivity contribution in [3.8, 4) is 16.9 Å². The predicted molar refractivity (Wildman–Crippen MR) is 112 cm³/mol. The number of nitrogens with one attached hydrogen (secondary N) is 1. The number of hydrogen-bond donors (Lipinski definition) is 1. The Labute approximate surface area is 182 Å². The van der Waals surface area contributed by atoms with Gasteiger partial charge in [-0.05, 0) is 35.7 Å². The number of aryl methyl sites for hydroxylation is 1. The Hall–Kier alpha value is -3.81. The van der Waals surface area contributed by atoms with Crippen LogP contribution in [-0.2, 0) is 11.3 Å². The molecular weight excluding hydrogens is 421 g/mol. The molecule has 1 heterocycles. The van der Waals surface area contributed by atoms with Gasteiger partial charge in [0.2, 0.25) is 0 Å². The summed E-state index contributed by atoms with van der Waals surface area (Å²) in [6, 6.07) is 18.7. The van der Waals surface area contributed by atoms with Crippen LogP contribution in [0.15, 0.2) is 72.8 Å². The van der Waals surface area contributed by atoms with Gasteiger partial charge in [0.25, 0.3) is 5.91 Å². The molecule has 164 valence electrons. The molecule has 0 saturated carbocycles. The Morgan fingerprint density at radius 1 is 0.938 bits per heavy atom. The molecule has 4 rings (SSSR count). The van der Waals surface area contributed by atoms with Crippen LogP contribution in [0.5, 0.6) is 5.75 Å². The fourth-order valence-corrected chi connectivity index (χ4v) is 3.59. The van der Waals surface area contributed by atoms with E-state index >= 15 is 0 Å². The van der Waals surface area contributed by atoms with Crippen LogP contribution in [-0.4, -0.2) is 23.2 Å². The third kappa shape index (κ3) is 4.59. The highest BCUT2D eigenvalue weighted by Gasteiger charge is 2.41. The van der Waals surface area contributed by atoms with Crippen molar-refractivity contribution in [1.29, 1.82) is 0 Å². The molecular formula is C24H19F3N2O3. The van der Waals surface area contributed by atoms with E-state index in [2.05, 4.69) is 10.1 Å². The zero-order valence-corrected chi connectivity index (χ0v) is 17.0. The maximum absolute atomic E-state index is 12.9. The lowest BCUT2D eigenvalue weighted by Gasteiger charge is -2.17. The number of benzene rings is 3. The highest BCUT2D eigenvalue weighted by Crippen LogP contribution is 2.33. The van der Waals surface area contributed by atoms with E-state index in [0.717, 1.165) is 27.7 Å². The fraction of sp³-hybridized carbons (Fsp3) is 0.167. The molecule has 8 heteroatoms. The number of amides is 3. The molecule has 0 spiro atoms. The van der Waals surface area contributed by atoms with Crippen LogP contribution >= 0.6 is 0 Å². The van der Waals surface area contributed by atoms with Gasteiger partial charge in [-0.25, -0.2) is 4.79 Å². The van der Waals surface area contributed by atoms with Gasteiger partial charge in [-0.3, -0.25) is 9.69 Å². The minimum Gasteiger partial charge on any atom is -0.405 e. The lowest BCUT2D eigenvalue weighted by molar-refractivity contribution is -0.275. The van der Waals surface area contributed by atoms with Gasteiger partial charge in [0.05, 0.1) is 6.54 Å². The molecule has 1 fully saturated rings. The van der Waals surface area contributed by atoms with Crippen molar-refractivity contribution in [3.05, 3.63) is 89.5 Å². The molecule has 1 aliphatic heterocycles. The van der Waals surface area contributed by atoms with Crippen molar-refractivity contribution in [1.82, 2.24) is 10.2 Å². The molecule has 1 aliphatic rings. The van der Waals surface area contributed by atoms with Crippen molar-refractivity contribution < 1.29 is 27.5 Å². The normalized spacial score (nSPS) is 16.2. The molecule has 0 radical (unpaired) electrons. The lowest BCUT2D eigenvalue weighted by atomic mass is 10.0. The van der Waals surface area contributed by atoms with E-state index in [-0.39, 0.29) is 12.1 Å². The van der Waals surface area contributed by atoms with E-state index in [1.54, 1.807) is 6.07 Å². The van der Waals surface area contributed by atoms with E-state index in [1.165, 1.54) is 18.2 Å². The number of carbonyl (C=O) groups excluding carboxylic acids is 2. The van der Waals surface area contributed by atoms with Gasteiger partial charge in [0.15, 0.2) is 0 Å². The van der Waals surface area contributed by atoms with Crippen molar-refractivity contribution in [2.45, 2.75) is 25.9 Å².